The van der Waals surface area contributed by atoms with E-state index >= 15 is 0 Å². The van der Waals surface area contributed by atoms with Crippen molar-refractivity contribution in [1.82, 2.24) is 4.57 Å². The fourth-order valence-corrected chi connectivity index (χ4v) is 11.5. The number of fused-ring (bicyclic) bond motifs is 7. The van der Waals surface area contributed by atoms with E-state index in [0.29, 0.717) is 0 Å². The van der Waals surface area contributed by atoms with Crippen LogP contribution in [0.15, 0.2) is 291 Å². The zero-order valence-electron chi connectivity index (χ0n) is 40.6. The Hall–Kier alpha value is -9.76. The van der Waals surface area contributed by atoms with E-state index in [9.17, 15) is 0 Å². The van der Waals surface area contributed by atoms with Gasteiger partial charge in [0.05, 0.1) is 16.7 Å². The van der Waals surface area contributed by atoms with Crippen molar-refractivity contribution in [2.24, 2.45) is 0 Å². The maximum atomic E-state index is 2.50. The monoisotopic (exact) mass is 940 g/mol. The zero-order chi connectivity index (χ0) is 49.0. The van der Waals surface area contributed by atoms with Gasteiger partial charge in [0, 0.05) is 38.8 Å². The van der Waals surface area contributed by atoms with Crippen LogP contribution in [0.2, 0.25) is 0 Å². The summed E-state index contributed by atoms with van der Waals surface area (Å²) in [5.41, 5.74) is 18.5. The fraction of sp³-hybridized carbons (Fsp3) is 0. The SMILES string of the molecule is c1ccc(-c2ccc(-n3c4ccccc4c4ccc5ccccc5c43)c(-c3ccc(N(c4cccc(-c5cccc6ccccc56)c4)c4cccc(-c5c(-c6ccccc6)ccc6ccccc56)c4)cc3)c2)cc1. The van der Waals surface area contributed by atoms with Crippen LogP contribution in [0.3, 0.4) is 0 Å². The van der Waals surface area contributed by atoms with Crippen molar-refractivity contribution in [3.8, 4) is 61.3 Å². The van der Waals surface area contributed by atoms with Crippen LogP contribution in [0, 0.1) is 0 Å². The molecule has 14 rings (SSSR count). The molecular formula is C72H48N2. The first-order valence-corrected chi connectivity index (χ1v) is 25.5. The van der Waals surface area contributed by atoms with Gasteiger partial charge in [0.15, 0.2) is 0 Å². The summed E-state index contributed by atoms with van der Waals surface area (Å²) < 4.78 is 2.50. The molecule has 0 aliphatic rings. The Morgan fingerprint density at radius 3 is 1.53 bits per heavy atom. The van der Waals surface area contributed by atoms with Crippen molar-refractivity contribution in [3.05, 3.63) is 291 Å². The number of para-hydroxylation sites is 1. The van der Waals surface area contributed by atoms with Crippen molar-refractivity contribution >= 4 is 71.2 Å². The Kier molecular flexibility index (Phi) is 10.6. The van der Waals surface area contributed by atoms with Crippen LogP contribution in [-0.2, 0) is 0 Å². The number of nitrogens with zero attached hydrogens (tertiary/aromatic N) is 2. The fourth-order valence-electron chi connectivity index (χ4n) is 11.5. The largest absolute Gasteiger partial charge is 0.310 e. The molecule has 0 amide bonds. The predicted octanol–water partition coefficient (Wildman–Crippen LogP) is 20.0. The van der Waals surface area contributed by atoms with E-state index in [1.165, 1.54) is 93.1 Å². The number of hydrogen-bond donors (Lipinski definition) is 0. The highest BCUT2D eigenvalue weighted by Crippen LogP contribution is 2.45. The van der Waals surface area contributed by atoms with Gasteiger partial charge in [-0.15, -0.1) is 0 Å². The summed E-state index contributed by atoms with van der Waals surface area (Å²) in [6.07, 6.45) is 0. The quantitative estimate of drug-likeness (QED) is 0.140. The van der Waals surface area contributed by atoms with Crippen molar-refractivity contribution in [2.75, 3.05) is 4.90 Å². The topological polar surface area (TPSA) is 8.17 Å². The highest BCUT2D eigenvalue weighted by Gasteiger charge is 2.21. The minimum absolute atomic E-state index is 1.06. The van der Waals surface area contributed by atoms with Crippen LogP contribution in [0.5, 0.6) is 0 Å². The van der Waals surface area contributed by atoms with Crippen molar-refractivity contribution in [1.29, 1.82) is 0 Å². The summed E-state index contributed by atoms with van der Waals surface area (Å²) in [4.78, 5) is 2.43. The predicted molar refractivity (Wildman–Crippen MR) is 315 cm³/mol. The van der Waals surface area contributed by atoms with Crippen molar-refractivity contribution in [2.45, 2.75) is 0 Å². The molecule has 2 heteroatoms. The molecule has 0 spiro atoms. The van der Waals surface area contributed by atoms with Gasteiger partial charge in [-0.1, -0.05) is 237 Å². The molecule has 0 aliphatic heterocycles. The normalized spacial score (nSPS) is 11.5. The van der Waals surface area contributed by atoms with Gasteiger partial charge in [0.2, 0.25) is 0 Å². The first-order valence-electron chi connectivity index (χ1n) is 25.5. The lowest BCUT2D eigenvalue weighted by Gasteiger charge is -2.27. The van der Waals surface area contributed by atoms with Crippen LogP contribution < -0.4 is 4.90 Å². The number of anilines is 3. The Labute approximate surface area is 430 Å². The van der Waals surface area contributed by atoms with Gasteiger partial charge in [0.25, 0.3) is 0 Å². The van der Waals surface area contributed by atoms with E-state index in [4.69, 9.17) is 0 Å². The second-order valence-electron chi connectivity index (χ2n) is 19.2. The summed E-state index contributed by atoms with van der Waals surface area (Å²) in [6, 6.07) is 107. The highest BCUT2D eigenvalue weighted by molar-refractivity contribution is 6.19. The molecule has 0 fully saturated rings. The Balaban J connectivity index is 0.972. The Bertz CT molecular complexity index is 4410. The van der Waals surface area contributed by atoms with Gasteiger partial charge in [-0.3, -0.25) is 0 Å². The molecule has 1 aromatic heterocycles. The molecule has 0 unspecified atom stereocenters. The number of aromatic nitrogens is 1. The number of hydrogen-bond acceptors (Lipinski definition) is 1. The van der Waals surface area contributed by atoms with Gasteiger partial charge in [-0.05, 0) is 132 Å². The van der Waals surface area contributed by atoms with Gasteiger partial charge in [-0.25, -0.2) is 0 Å². The lowest BCUT2D eigenvalue weighted by atomic mass is 9.89. The van der Waals surface area contributed by atoms with Gasteiger partial charge < -0.3 is 9.47 Å². The third-order valence-corrected chi connectivity index (χ3v) is 15.0. The van der Waals surface area contributed by atoms with E-state index in [1.54, 1.807) is 0 Å². The van der Waals surface area contributed by atoms with E-state index < -0.39 is 0 Å². The van der Waals surface area contributed by atoms with Gasteiger partial charge >= 0.3 is 0 Å². The van der Waals surface area contributed by atoms with Crippen molar-refractivity contribution < 1.29 is 0 Å². The van der Waals surface area contributed by atoms with Gasteiger partial charge in [-0.2, -0.15) is 0 Å². The van der Waals surface area contributed by atoms with Crippen LogP contribution in [-0.4, -0.2) is 4.57 Å². The maximum absolute atomic E-state index is 2.50. The van der Waals surface area contributed by atoms with Gasteiger partial charge in [0.1, 0.15) is 0 Å². The summed E-state index contributed by atoms with van der Waals surface area (Å²) in [5, 5.41) is 9.85. The van der Waals surface area contributed by atoms with E-state index in [2.05, 4.69) is 301 Å². The van der Waals surface area contributed by atoms with Crippen LogP contribution in [0.1, 0.15) is 0 Å². The zero-order valence-corrected chi connectivity index (χ0v) is 40.6. The smallest absolute Gasteiger partial charge is 0.0619 e. The molecule has 0 atom stereocenters. The second kappa shape index (κ2) is 18.1. The first kappa shape index (κ1) is 43.1. The van der Waals surface area contributed by atoms with E-state index in [-0.39, 0.29) is 0 Å². The standard InChI is InChI=1S/C72H48N2/c1-3-18-49(19-4-1)55-40-45-70(74-69-35-14-13-33-66(69)67-44-39-53-24-9-12-32-65(53)72(67)74)68(48-55)54-36-41-58(42-37-54)73(59-28-15-26-56(46-59)62-34-17-25-50-22-7-10-30-61(50)62)60-29-16-27-57(47-60)71-63-31-11-8-23-52(63)38-43-64(71)51-20-5-2-6-21-51/h1-48H. The van der Waals surface area contributed by atoms with E-state index in [0.717, 1.165) is 39.4 Å². The lowest BCUT2D eigenvalue weighted by Crippen LogP contribution is -2.10. The molecule has 74 heavy (non-hydrogen) atoms. The number of rotatable bonds is 9. The minimum Gasteiger partial charge on any atom is -0.310 e. The molecule has 0 bridgehead atoms. The summed E-state index contributed by atoms with van der Waals surface area (Å²) in [7, 11) is 0. The lowest BCUT2D eigenvalue weighted by molar-refractivity contribution is 1.19. The van der Waals surface area contributed by atoms with E-state index in [1.807, 2.05) is 0 Å². The van der Waals surface area contributed by atoms with Crippen LogP contribution in [0.4, 0.5) is 17.1 Å². The molecule has 13 aromatic carbocycles. The molecular weight excluding hydrogens is 893 g/mol. The van der Waals surface area contributed by atoms with Crippen LogP contribution in [0.25, 0.3) is 115 Å². The Morgan fingerprint density at radius 1 is 0.243 bits per heavy atom. The first-order chi connectivity index (χ1) is 36.7. The molecule has 0 radical (unpaired) electrons. The molecule has 0 aliphatic carbocycles. The average Bonchev–Trinajstić information content (AvgIpc) is 3.82. The second-order valence-corrected chi connectivity index (χ2v) is 19.2. The molecule has 346 valence electrons. The Morgan fingerprint density at radius 2 is 0.770 bits per heavy atom. The minimum atomic E-state index is 1.06. The average molecular weight is 941 g/mol. The molecule has 0 N–H and O–H groups in total. The third-order valence-electron chi connectivity index (χ3n) is 15.0. The summed E-state index contributed by atoms with van der Waals surface area (Å²) in [5.74, 6) is 0. The molecule has 0 saturated heterocycles. The molecule has 14 aromatic rings. The molecule has 1 heterocycles. The third kappa shape index (κ3) is 7.43. The maximum Gasteiger partial charge on any atom is 0.0619 e. The van der Waals surface area contributed by atoms with Crippen LogP contribution >= 0.6 is 0 Å². The molecule has 2 nitrogen and oxygen atoms in total. The summed E-state index contributed by atoms with van der Waals surface area (Å²) >= 11 is 0. The number of benzene rings is 13. The summed E-state index contributed by atoms with van der Waals surface area (Å²) in [6.45, 7) is 0. The van der Waals surface area contributed by atoms with Crippen molar-refractivity contribution in [3.63, 3.8) is 0 Å². The molecule has 0 saturated carbocycles. The highest BCUT2D eigenvalue weighted by atomic mass is 15.1.